The van der Waals surface area contributed by atoms with Gasteiger partial charge in [0.25, 0.3) is 0 Å². The fourth-order valence-corrected chi connectivity index (χ4v) is 3.50. The smallest absolute Gasteiger partial charge is 0.246 e. The summed E-state index contributed by atoms with van der Waals surface area (Å²) in [7, 11) is 0. The summed E-state index contributed by atoms with van der Waals surface area (Å²) in [6.07, 6.45) is 0.218. The van der Waals surface area contributed by atoms with Gasteiger partial charge in [0.15, 0.2) is 0 Å². The van der Waals surface area contributed by atoms with Crippen LogP contribution in [-0.2, 0) is 19.2 Å². The average molecular weight is 457 g/mol. The van der Waals surface area contributed by atoms with E-state index in [-0.39, 0.29) is 12.3 Å². The van der Waals surface area contributed by atoms with Gasteiger partial charge < -0.3 is 16.0 Å². The van der Waals surface area contributed by atoms with Crippen molar-refractivity contribution in [3.8, 4) is 0 Å². The monoisotopic (exact) mass is 456 g/mol. The minimum Gasteiger partial charge on any atom is -0.344 e. The summed E-state index contributed by atoms with van der Waals surface area (Å²) < 4.78 is 0. The molecule has 4 amide bonds. The minimum absolute atomic E-state index is 0.133. The molecule has 2 aromatic rings. The summed E-state index contributed by atoms with van der Waals surface area (Å²) >= 11 is 0. The van der Waals surface area contributed by atoms with E-state index in [9.17, 15) is 19.2 Å². The number of anilines is 1. The van der Waals surface area contributed by atoms with Gasteiger partial charge in [0, 0.05) is 23.4 Å². The number of nitrogens with one attached hydrogen (secondary N) is 4. The highest BCUT2D eigenvalue weighted by atomic mass is 16.5. The van der Waals surface area contributed by atoms with E-state index in [1.54, 1.807) is 13.0 Å². The molecule has 0 heterocycles. The first kappa shape index (κ1) is 25.8. The quantitative estimate of drug-likeness (QED) is 0.276. The van der Waals surface area contributed by atoms with E-state index >= 15 is 0 Å². The maximum atomic E-state index is 12.6. The summed E-state index contributed by atoms with van der Waals surface area (Å²) in [6, 6.07) is 11.4. The van der Waals surface area contributed by atoms with Crippen LogP contribution in [0, 0.1) is 11.8 Å². The number of benzene rings is 2. The lowest BCUT2D eigenvalue weighted by Crippen LogP contribution is -2.51. The Bertz CT molecular complexity index is 1000. The van der Waals surface area contributed by atoms with Crippen molar-refractivity contribution in [1.82, 2.24) is 16.1 Å². The molecule has 0 spiro atoms. The molecule has 33 heavy (non-hydrogen) atoms. The number of amides is 4. The van der Waals surface area contributed by atoms with Gasteiger partial charge in [-0.15, -0.1) is 0 Å². The number of hydrogen-bond donors (Lipinski definition) is 5. The van der Waals surface area contributed by atoms with Crippen molar-refractivity contribution in [2.45, 2.75) is 52.6 Å². The molecule has 5 N–H and O–H groups in total. The first-order valence-corrected chi connectivity index (χ1v) is 10.9. The van der Waals surface area contributed by atoms with Crippen LogP contribution in [0.25, 0.3) is 10.8 Å². The van der Waals surface area contributed by atoms with Crippen LogP contribution >= 0.6 is 0 Å². The van der Waals surface area contributed by atoms with E-state index in [4.69, 9.17) is 5.21 Å². The number of fused-ring (bicyclic) bond motifs is 1. The summed E-state index contributed by atoms with van der Waals surface area (Å²) in [5.41, 5.74) is 2.16. The van der Waals surface area contributed by atoms with Crippen molar-refractivity contribution in [3.05, 3.63) is 42.5 Å². The molecule has 0 fully saturated rings. The lowest BCUT2D eigenvalue weighted by molar-refractivity contribution is -0.136. The van der Waals surface area contributed by atoms with Crippen molar-refractivity contribution in [2.75, 3.05) is 5.32 Å². The maximum absolute atomic E-state index is 12.6. The van der Waals surface area contributed by atoms with Gasteiger partial charge >= 0.3 is 0 Å². The third kappa shape index (κ3) is 7.57. The molecule has 0 radical (unpaired) electrons. The maximum Gasteiger partial charge on any atom is 0.246 e. The first-order chi connectivity index (χ1) is 15.6. The minimum atomic E-state index is -0.919. The number of rotatable bonds is 10. The summed E-state index contributed by atoms with van der Waals surface area (Å²) in [6.45, 7) is 6.87. The Hall–Kier alpha value is -3.46. The SMILES string of the molecule is CC(C)CC(CC(=O)NO)C(=O)N[C@H](C)C(=O)N[C@@H](C)C(=O)Nc1cccc2ccccc12. The van der Waals surface area contributed by atoms with Crippen LogP contribution in [0.2, 0.25) is 0 Å². The fraction of sp³-hybridized carbons (Fsp3) is 0.417. The van der Waals surface area contributed by atoms with E-state index in [1.807, 2.05) is 50.2 Å². The van der Waals surface area contributed by atoms with Crippen LogP contribution in [0.4, 0.5) is 5.69 Å². The lowest BCUT2D eigenvalue weighted by atomic mass is 9.93. The number of carbonyl (C=O) groups is 4. The summed E-state index contributed by atoms with van der Waals surface area (Å²) in [5.74, 6) is -2.63. The van der Waals surface area contributed by atoms with Crippen LogP contribution in [0.3, 0.4) is 0 Å². The molecule has 3 atom stereocenters. The van der Waals surface area contributed by atoms with E-state index in [0.29, 0.717) is 12.1 Å². The largest absolute Gasteiger partial charge is 0.344 e. The zero-order chi connectivity index (χ0) is 24.5. The van der Waals surface area contributed by atoms with Crippen LogP contribution in [0.5, 0.6) is 0 Å². The fourth-order valence-electron chi connectivity index (χ4n) is 3.50. The zero-order valence-electron chi connectivity index (χ0n) is 19.3. The molecule has 9 heteroatoms. The van der Waals surface area contributed by atoms with Crippen LogP contribution in [-0.4, -0.2) is 40.9 Å². The molecule has 0 bridgehead atoms. The molecule has 0 saturated heterocycles. The third-order valence-corrected chi connectivity index (χ3v) is 5.23. The van der Waals surface area contributed by atoms with Crippen molar-refractivity contribution < 1.29 is 24.4 Å². The molecule has 2 rings (SSSR count). The standard InChI is InChI=1S/C24H32N4O5/c1-14(2)12-18(13-21(29)28-33)24(32)26-15(3)22(30)25-16(4)23(31)27-20-11-7-9-17-8-5-6-10-19(17)20/h5-11,14-16,18,33H,12-13H2,1-4H3,(H,25,30)(H,26,32)(H,27,31)(H,28,29)/t15-,16+,18?/m1/s1. The highest BCUT2D eigenvalue weighted by Gasteiger charge is 2.27. The van der Waals surface area contributed by atoms with Crippen LogP contribution in [0.15, 0.2) is 42.5 Å². The van der Waals surface area contributed by atoms with Crippen LogP contribution < -0.4 is 21.4 Å². The molecule has 2 aromatic carbocycles. The molecule has 0 aromatic heterocycles. The number of hydroxylamine groups is 1. The Morgan fingerprint density at radius 1 is 0.818 bits per heavy atom. The Morgan fingerprint density at radius 2 is 1.42 bits per heavy atom. The number of carbonyl (C=O) groups excluding carboxylic acids is 4. The van der Waals surface area contributed by atoms with Gasteiger partial charge in [-0.3, -0.25) is 24.4 Å². The third-order valence-electron chi connectivity index (χ3n) is 5.23. The summed E-state index contributed by atoms with van der Waals surface area (Å²) in [4.78, 5) is 49.3. The van der Waals surface area contributed by atoms with Gasteiger partial charge in [0.05, 0.1) is 0 Å². The normalized spacial score (nSPS) is 13.6. The van der Waals surface area contributed by atoms with Gasteiger partial charge in [0.1, 0.15) is 12.1 Å². The second kappa shape index (κ2) is 12.0. The van der Waals surface area contributed by atoms with Crippen LogP contribution in [0.1, 0.15) is 40.5 Å². The van der Waals surface area contributed by atoms with E-state index < -0.39 is 41.6 Å². The van der Waals surface area contributed by atoms with Crippen molar-refractivity contribution in [1.29, 1.82) is 0 Å². The molecular weight excluding hydrogens is 424 g/mol. The van der Waals surface area contributed by atoms with E-state index in [0.717, 1.165) is 10.8 Å². The Kier molecular flexibility index (Phi) is 9.35. The van der Waals surface area contributed by atoms with Crippen molar-refractivity contribution >= 4 is 40.1 Å². The molecule has 0 aliphatic carbocycles. The van der Waals surface area contributed by atoms with Gasteiger partial charge in [0.2, 0.25) is 23.6 Å². The predicted molar refractivity (Wildman–Crippen MR) is 125 cm³/mol. The molecule has 9 nitrogen and oxygen atoms in total. The Morgan fingerprint density at radius 3 is 2.09 bits per heavy atom. The molecule has 0 aliphatic rings. The molecule has 178 valence electrons. The van der Waals surface area contributed by atoms with Crippen molar-refractivity contribution in [3.63, 3.8) is 0 Å². The first-order valence-electron chi connectivity index (χ1n) is 10.9. The van der Waals surface area contributed by atoms with Gasteiger partial charge in [-0.1, -0.05) is 50.2 Å². The zero-order valence-corrected chi connectivity index (χ0v) is 19.3. The molecule has 0 aliphatic heterocycles. The lowest BCUT2D eigenvalue weighted by Gasteiger charge is -2.22. The summed E-state index contributed by atoms with van der Waals surface area (Å²) in [5, 5.41) is 18.6. The molecular formula is C24H32N4O5. The van der Waals surface area contributed by atoms with Gasteiger partial charge in [-0.25, -0.2) is 5.48 Å². The second-order valence-corrected chi connectivity index (χ2v) is 8.54. The second-order valence-electron chi connectivity index (χ2n) is 8.54. The highest BCUT2D eigenvalue weighted by Crippen LogP contribution is 2.23. The topological polar surface area (TPSA) is 137 Å². The number of hydrogen-bond acceptors (Lipinski definition) is 5. The Labute approximate surface area is 193 Å². The van der Waals surface area contributed by atoms with Gasteiger partial charge in [-0.05, 0) is 37.6 Å². The highest BCUT2D eigenvalue weighted by molar-refractivity contribution is 6.04. The van der Waals surface area contributed by atoms with E-state index in [1.165, 1.54) is 12.4 Å². The molecule has 0 saturated carbocycles. The predicted octanol–water partition coefficient (Wildman–Crippen LogP) is 2.35. The Balaban J connectivity index is 1.96. The van der Waals surface area contributed by atoms with Gasteiger partial charge in [-0.2, -0.15) is 0 Å². The molecule has 1 unspecified atom stereocenters. The average Bonchev–Trinajstić information content (AvgIpc) is 2.78. The van der Waals surface area contributed by atoms with Crippen molar-refractivity contribution in [2.24, 2.45) is 11.8 Å². The van der Waals surface area contributed by atoms with E-state index in [2.05, 4.69) is 16.0 Å².